The highest BCUT2D eigenvalue weighted by atomic mass is 19.3. The summed E-state index contributed by atoms with van der Waals surface area (Å²) in [4.78, 5) is 34.1. The minimum atomic E-state index is -3.22. The molecule has 2 aromatic carbocycles. The van der Waals surface area contributed by atoms with Crippen molar-refractivity contribution in [2.45, 2.75) is 44.6 Å². The minimum absolute atomic E-state index is 0.0505. The fourth-order valence-electron chi connectivity index (χ4n) is 5.74. The van der Waals surface area contributed by atoms with Gasteiger partial charge in [0, 0.05) is 25.2 Å². The Kier molecular flexibility index (Phi) is 7.53. The molecule has 0 aliphatic carbocycles. The van der Waals surface area contributed by atoms with Crippen molar-refractivity contribution in [1.29, 1.82) is 0 Å². The highest BCUT2D eigenvalue weighted by Crippen LogP contribution is 2.43. The van der Waals surface area contributed by atoms with Crippen LogP contribution < -0.4 is 4.74 Å². The largest absolute Gasteiger partial charge is 0.492 e. The molecular formula is C30H34F2N4O3. The number of aryl methyl sites for hydroxylation is 1. The summed E-state index contributed by atoms with van der Waals surface area (Å²) in [7, 11) is 1.65. The molecule has 3 aromatic rings. The molecule has 0 spiro atoms. The number of hydrogen-bond acceptors (Lipinski definition) is 5. The van der Waals surface area contributed by atoms with Gasteiger partial charge in [-0.1, -0.05) is 30.3 Å². The number of fused-ring (bicyclic) bond motifs is 3. The van der Waals surface area contributed by atoms with Crippen LogP contribution in [0, 0.1) is 6.92 Å². The second kappa shape index (κ2) is 10.9. The highest BCUT2D eigenvalue weighted by molar-refractivity contribution is 5.98. The topological polar surface area (TPSA) is 67.7 Å². The maximum atomic E-state index is 16.0. The Balaban J connectivity index is 1.70. The van der Waals surface area contributed by atoms with Crippen molar-refractivity contribution in [3.05, 3.63) is 71.6 Å². The van der Waals surface area contributed by atoms with Gasteiger partial charge in [0.15, 0.2) is 5.78 Å². The molecule has 1 fully saturated rings. The Bertz CT molecular complexity index is 1420. The SMILES string of the molecule is C=CC(=O)N1CCCC[C@@H](n2c(CC(=O)c3cccc(C)c3)nc3ccc4c(c32)C(F)(F)CN(C)CCO4)C1. The number of likely N-dealkylation sites (tertiary alicyclic amines) is 1. The smallest absolute Gasteiger partial charge is 0.291 e. The highest BCUT2D eigenvalue weighted by Gasteiger charge is 2.42. The van der Waals surface area contributed by atoms with Crippen LogP contribution in [-0.2, 0) is 17.1 Å². The first-order valence-electron chi connectivity index (χ1n) is 13.4. The van der Waals surface area contributed by atoms with Gasteiger partial charge in [0.1, 0.15) is 18.2 Å². The maximum Gasteiger partial charge on any atom is 0.291 e. The zero-order valence-corrected chi connectivity index (χ0v) is 22.5. The number of hydrogen-bond donors (Lipinski definition) is 0. The molecule has 3 heterocycles. The predicted molar refractivity (Wildman–Crippen MR) is 145 cm³/mol. The lowest BCUT2D eigenvalue weighted by Crippen LogP contribution is -2.38. The normalized spacial score (nSPS) is 19.9. The van der Waals surface area contributed by atoms with Crippen molar-refractivity contribution in [3.8, 4) is 5.75 Å². The first kappa shape index (κ1) is 27.0. The lowest BCUT2D eigenvalue weighted by Gasteiger charge is -2.31. The summed E-state index contributed by atoms with van der Waals surface area (Å²) in [6.45, 7) is 6.62. The summed E-state index contributed by atoms with van der Waals surface area (Å²) in [6.07, 6.45) is 3.49. The Morgan fingerprint density at radius 2 is 2.03 bits per heavy atom. The third-order valence-electron chi connectivity index (χ3n) is 7.61. The van der Waals surface area contributed by atoms with Crippen LogP contribution >= 0.6 is 0 Å². The Morgan fingerprint density at radius 1 is 1.21 bits per heavy atom. The summed E-state index contributed by atoms with van der Waals surface area (Å²) in [5.74, 6) is -3.02. The van der Waals surface area contributed by atoms with E-state index >= 15 is 8.78 Å². The van der Waals surface area contributed by atoms with Crippen molar-refractivity contribution in [3.63, 3.8) is 0 Å². The van der Waals surface area contributed by atoms with E-state index in [-0.39, 0.29) is 47.6 Å². The summed E-state index contributed by atoms with van der Waals surface area (Å²) >= 11 is 0. The number of alkyl halides is 2. The Morgan fingerprint density at radius 3 is 2.79 bits per heavy atom. The number of ketones is 1. The lowest BCUT2D eigenvalue weighted by atomic mass is 10.0. The number of Topliss-reactive ketones (excluding diaryl/α,β-unsaturated/α-hetero) is 1. The third kappa shape index (κ3) is 5.45. The number of aromatic nitrogens is 2. The number of rotatable bonds is 5. The molecule has 0 unspecified atom stereocenters. The Hall–Kier alpha value is -3.59. The van der Waals surface area contributed by atoms with Crippen LogP contribution in [0.25, 0.3) is 11.0 Å². The van der Waals surface area contributed by atoms with E-state index in [0.29, 0.717) is 43.0 Å². The van der Waals surface area contributed by atoms with E-state index in [1.807, 2.05) is 25.1 Å². The van der Waals surface area contributed by atoms with Crippen molar-refractivity contribution >= 4 is 22.7 Å². The quantitative estimate of drug-likeness (QED) is 0.342. The van der Waals surface area contributed by atoms with Gasteiger partial charge < -0.3 is 14.2 Å². The van der Waals surface area contributed by atoms with Crippen LogP contribution in [-0.4, -0.2) is 70.9 Å². The first-order valence-corrected chi connectivity index (χ1v) is 13.4. The summed E-state index contributed by atoms with van der Waals surface area (Å²) in [5.41, 5.74) is 1.96. The molecule has 0 bridgehead atoms. The zero-order valence-electron chi connectivity index (χ0n) is 22.5. The van der Waals surface area contributed by atoms with E-state index in [2.05, 4.69) is 6.58 Å². The monoisotopic (exact) mass is 536 g/mol. The predicted octanol–water partition coefficient (Wildman–Crippen LogP) is 4.93. The van der Waals surface area contributed by atoms with Gasteiger partial charge in [0.2, 0.25) is 5.91 Å². The number of ether oxygens (including phenoxy) is 1. The van der Waals surface area contributed by atoms with Gasteiger partial charge in [-0.15, -0.1) is 0 Å². The molecule has 0 radical (unpaired) electrons. The molecule has 2 aliphatic rings. The van der Waals surface area contributed by atoms with Gasteiger partial charge in [-0.2, -0.15) is 8.78 Å². The zero-order chi connectivity index (χ0) is 27.7. The molecule has 0 saturated carbocycles. The van der Waals surface area contributed by atoms with Gasteiger partial charge in [-0.3, -0.25) is 14.5 Å². The van der Waals surface area contributed by atoms with E-state index in [1.165, 1.54) is 6.08 Å². The van der Waals surface area contributed by atoms with Gasteiger partial charge in [-0.25, -0.2) is 4.98 Å². The molecule has 1 aromatic heterocycles. The van der Waals surface area contributed by atoms with Crippen LogP contribution in [0.1, 0.15) is 52.6 Å². The number of nitrogens with zero attached hydrogens (tertiary/aromatic N) is 4. The number of benzene rings is 2. The average molecular weight is 537 g/mol. The maximum absolute atomic E-state index is 16.0. The molecule has 206 valence electrons. The Labute approximate surface area is 227 Å². The number of halogens is 2. The van der Waals surface area contributed by atoms with Gasteiger partial charge >= 0.3 is 0 Å². The number of imidazole rings is 1. The van der Waals surface area contributed by atoms with Crippen LogP contribution in [0.3, 0.4) is 0 Å². The van der Waals surface area contributed by atoms with E-state index < -0.39 is 12.5 Å². The van der Waals surface area contributed by atoms with E-state index in [0.717, 1.165) is 18.4 Å². The average Bonchev–Trinajstić information content (AvgIpc) is 3.06. The van der Waals surface area contributed by atoms with Crippen molar-refractivity contribution in [2.24, 2.45) is 0 Å². The van der Waals surface area contributed by atoms with Gasteiger partial charge in [0.25, 0.3) is 5.92 Å². The van der Waals surface area contributed by atoms with Crippen molar-refractivity contribution in [2.75, 3.05) is 39.8 Å². The number of likely N-dealkylation sites (N-methyl/N-ethyl adjacent to an activating group) is 1. The number of amides is 1. The van der Waals surface area contributed by atoms with E-state index in [9.17, 15) is 9.59 Å². The lowest BCUT2D eigenvalue weighted by molar-refractivity contribution is -0.126. The third-order valence-corrected chi connectivity index (χ3v) is 7.61. The van der Waals surface area contributed by atoms with Crippen LogP contribution in [0.15, 0.2) is 49.1 Å². The van der Waals surface area contributed by atoms with Crippen molar-refractivity contribution in [1.82, 2.24) is 19.4 Å². The molecule has 5 rings (SSSR count). The molecule has 39 heavy (non-hydrogen) atoms. The second-order valence-corrected chi connectivity index (χ2v) is 10.6. The van der Waals surface area contributed by atoms with Crippen LogP contribution in [0.5, 0.6) is 5.75 Å². The molecule has 2 aliphatic heterocycles. The second-order valence-electron chi connectivity index (χ2n) is 10.6. The van der Waals surface area contributed by atoms with E-state index in [4.69, 9.17) is 9.72 Å². The number of carbonyl (C=O) groups excluding carboxylic acids is 2. The number of carbonyl (C=O) groups is 2. The van der Waals surface area contributed by atoms with Gasteiger partial charge in [0.05, 0.1) is 35.6 Å². The van der Waals surface area contributed by atoms with Gasteiger partial charge in [-0.05, 0) is 57.5 Å². The fraction of sp³-hybridized carbons (Fsp3) is 0.433. The van der Waals surface area contributed by atoms with Crippen LogP contribution in [0.2, 0.25) is 0 Å². The molecular weight excluding hydrogens is 502 g/mol. The van der Waals surface area contributed by atoms with E-state index in [1.54, 1.807) is 39.6 Å². The minimum Gasteiger partial charge on any atom is -0.492 e. The fourth-order valence-corrected chi connectivity index (χ4v) is 5.74. The summed E-state index contributed by atoms with van der Waals surface area (Å²) < 4.78 is 39.6. The van der Waals surface area contributed by atoms with Crippen molar-refractivity contribution < 1.29 is 23.1 Å². The molecule has 7 nitrogen and oxygen atoms in total. The first-order chi connectivity index (χ1) is 18.7. The molecule has 0 N–H and O–H groups in total. The molecule has 1 atom stereocenters. The molecule has 1 saturated heterocycles. The van der Waals surface area contributed by atoms with Crippen LogP contribution in [0.4, 0.5) is 8.78 Å². The standard InChI is InChI=1S/C30H34F2N4O3/c1-4-27(38)35-13-6-5-10-22(18-35)36-26(17-24(37)21-9-7-8-20(2)16-21)33-23-11-12-25-28(29(23)36)30(31,32)19-34(3)14-15-39-25/h4,7-9,11-12,16,22H,1,5-6,10,13-15,17-19H2,2-3H3/t22-/m1/s1. The summed E-state index contributed by atoms with van der Waals surface area (Å²) in [6, 6.07) is 10.2. The molecule has 9 heteroatoms. The summed E-state index contributed by atoms with van der Waals surface area (Å²) in [5, 5.41) is 0. The molecule has 1 amide bonds.